The van der Waals surface area contributed by atoms with Crippen LogP contribution in [0.25, 0.3) is 0 Å². The normalized spacial score (nSPS) is 10.1. The van der Waals surface area contributed by atoms with Gasteiger partial charge in [-0.05, 0) is 30.3 Å². The first-order valence-electron chi connectivity index (χ1n) is 5.19. The number of phenols is 3. The van der Waals surface area contributed by atoms with E-state index in [0.717, 1.165) is 5.69 Å². The monoisotopic (exact) mass is 231 g/mol. The summed E-state index contributed by atoms with van der Waals surface area (Å²) in [5.41, 5.74) is 1.43. The Balaban J connectivity index is 2.07. The molecule has 0 aromatic heterocycles. The first-order valence-corrected chi connectivity index (χ1v) is 5.19. The van der Waals surface area contributed by atoms with Crippen LogP contribution in [-0.4, -0.2) is 15.3 Å². The molecule has 2 aromatic rings. The molecule has 0 unspecified atom stereocenters. The summed E-state index contributed by atoms with van der Waals surface area (Å²) in [6.07, 6.45) is 0. The molecule has 0 radical (unpaired) electrons. The van der Waals surface area contributed by atoms with Gasteiger partial charge in [-0.2, -0.15) is 0 Å². The SMILES string of the molecule is Oc1ccc(NCc2cccc(O)c2O)cc1. The second kappa shape index (κ2) is 4.65. The highest BCUT2D eigenvalue weighted by Crippen LogP contribution is 2.28. The van der Waals surface area contributed by atoms with Crippen LogP contribution in [0.4, 0.5) is 5.69 Å². The van der Waals surface area contributed by atoms with Crippen molar-refractivity contribution in [3.05, 3.63) is 48.0 Å². The van der Waals surface area contributed by atoms with E-state index in [9.17, 15) is 10.2 Å². The molecule has 0 spiro atoms. The highest BCUT2D eigenvalue weighted by atomic mass is 16.3. The van der Waals surface area contributed by atoms with Gasteiger partial charge in [-0.3, -0.25) is 0 Å². The molecular formula is C13H13NO3. The largest absolute Gasteiger partial charge is 0.508 e. The summed E-state index contributed by atoms with van der Waals surface area (Å²) in [5, 5.41) is 31.1. The molecule has 0 saturated heterocycles. The summed E-state index contributed by atoms with van der Waals surface area (Å²) in [7, 11) is 0. The second-order valence-electron chi connectivity index (χ2n) is 3.69. The van der Waals surface area contributed by atoms with Crippen molar-refractivity contribution in [3.63, 3.8) is 0 Å². The van der Waals surface area contributed by atoms with Gasteiger partial charge in [-0.1, -0.05) is 12.1 Å². The maximum absolute atomic E-state index is 9.59. The number of nitrogens with one attached hydrogen (secondary N) is 1. The molecule has 0 aliphatic carbocycles. The molecule has 4 nitrogen and oxygen atoms in total. The van der Waals surface area contributed by atoms with E-state index in [1.807, 2.05) is 0 Å². The van der Waals surface area contributed by atoms with Crippen LogP contribution < -0.4 is 5.32 Å². The van der Waals surface area contributed by atoms with Gasteiger partial charge in [0.15, 0.2) is 11.5 Å². The molecule has 4 N–H and O–H groups in total. The molecule has 88 valence electrons. The fourth-order valence-electron chi connectivity index (χ4n) is 1.50. The van der Waals surface area contributed by atoms with E-state index in [2.05, 4.69) is 5.32 Å². The highest BCUT2D eigenvalue weighted by molar-refractivity contribution is 5.49. The Bertz CT molecular complexity index is 509. The minimum absolute atomic E-state index is 0.112. The minimum Gasteiger partial charge on any atom is -0.508 e. The van der Waals surface area contributed by atoms with E-state index in [-0.39, 0.29) is 17.2 Å². The van der Waals surface area contributed by atoms with Crippen molar-refractivity contribution in [1.29, 1.82) is 0 Å². The predicted molar refractivity (Wildman–Crippen MR) is 65.2 cm³/mol. The lowest BCUT2D eigenvalue weighted by molar-refractivity contribution is 0.400. The van der Waals surface area contributed by atoms with Gasteiger partial charge in [0.1, 0.15) is 5.75 Å². The van der Waals surface area contributed by atoms with Gasteiger partial charge >= 0.3 is 0 Å². The van der Waals surface area contributed by atoms with E-state index in [0.29, 0.717) is 12.1 Å². The van der Waals surface area contributed by atoms with E-state index in [4.69, 9.17) is 5.11 Å². The van der Waals surface area contributed by atoms with Crippen molar-refractivity contribution in [2.45, 2.75) is 6.54 Å². The number of para-hydroxylation sites is 1. The molecule has 0 aliphatic heterocycles. The number of phenolic OH excluding ortho intramolecular Hbond substituents is 3. The summed E-state index contributed by atoms with van der Waals surface area (Å²) in [5.74, 6) is -0.0375. The van der Waals surface area contributed by atoms with Gasteiger partial charge in [0, 0.05) is 17.8 Å². The van der Waals surface area contributed by atoms with Crippen LogP contribution in [0.3, 0.4) is 0 Å². The molecule has 2 aromatic carbocycles. The zero-order valence-electron chi connectivity index (χ0n) is 9.09. The Labute approximate surface area is 98.8 Å². The maximum Gasteiger partial charge on any atom is 0.162 e. The molecule has 0 heterocycles. The molecule has 2 rings (SSSR count). The van der Waals surface area contributed by atoms with E-state index >= 15 is 0 Å². The van der Waals surface area contributed by atoms with Crippen molar-refractivity contribution in [1.82, 2.24) is 0 Å². The Morgan fingerprint density at radius 2 is 1.59 bits per heavy atom. The molecule has 0 amide bonds. The van der Waals surface area contributed by atoms with Crippen molar-refractivity contribution in [2.24, 2.45) is 0 Å². The summed E-state index contributed by atoms with van der Waals surface area (Å²) in [4.78, 5) is 0. The van der Waals surface area contributed by atoms with Crippen LogP contribution in [-0.2, 0) is 6.54 Å². The molecule has 0 atom stereocenters. The van der Waals surface area contributed by atoms with E-state index in [1.54, 1.807) is 36.4 Å². The standard InChI is InChI=1S/C13H13NO3/c15-11-6-4-10(5-7-11)14-8-9-2-1-3-12(16)13(9)17/h1-7,14-17H,8H2. The predicted octanol–water partition coefficient (Wildman–Crippen LogP) is 2.42. The molecule has 0 fully saturated rings. The average Bonchev–Trinajstić information content (AvgIpc) is 2.33. The molecule has 4 heteroatoms. The molecule has 17 heavy (non-hydrogen) atoms. The van der Waals surface area contributed by atoms with Gasteiger partial charge in [0.25, 0.3) is 0 Å². The molecular weight excluding hydrogens is 218 g/mol. The van der Waals surface area contributed by atoms with Gasteiger partial charge in [0.05, 0.1) is 0 Å². The van der Waals surface area contributed by atoms with Crippen LogP contribution in [0.5, 0.6) is 17.2 Å². The molecule has 0 saturated carbocycles. The van der Waals surface area contributed by atoms with Crippen molar-refractivity contribution >= 4 is 5.69 Å². The first-order chi connectivity index (χ1) is 8.16. The second-order valence-corrected chi connectivity index (χ2v) is 3.69. The third-order valence-electron chi connectivity index (χ3n) is 2.45. The van der Waals surface area contributed by atoms with Crippen LogP contribution in [0, 0.1) is 0 Å². The van der Waals surface area contributed by atoms with Crippen molar-refractivity contribution in [2.75, 3.05) is 5.32 Å². The summed E-state index contributed by atoms with van der Waals surface area (Å²) in [6, 6.07) is 11.4. The fourth-order valence-corrected chi connectivity index (χ4v) is 1.50. The van der Waals surface area contributed by atoms with Crippen LogP contribution in [0.15, 0.2) is 42.5 Å². The number of benzene rings is 2. The zero-order valence-corrected chi connectivity index (χ0v) is 9.09. The Morgan fingerprint density at radius 1 is 0.882 bits per heavy atom. The number of hydrogen-bond donors (Lipinski definition) is 4. The summed E-state index contributed by atoms with van der Waals surface area (Å²) in [6.45, 7) is 0.394. The molecule has 0 bridgehead atoms. The van der Waals surface area contributed by atoms with Crippen molar-refractivity contribution < 1.29 is 15.3 Å². The Kier molecular flexibility index (Phi) is 3.05. The smallest absolute Gasteiger partial charge is 0.162 e. The van der Waals surface area contributed by atoms with Crippen LogP contribution >= 0.6 is 0 Å². The van der Waals surface area contributed by atoms with Gasteiger partial charge in [-0.15, -0.1) is 0 Å². The Morgan fingerprint density at radius 3 is 2.29 bits per heavy atom. The quantitative estimate of drug-likeness (QED) is 0.483. The fraction of sp³-hybridized carbons (Fsp3) is 0.0769. The highest BCUT2D eigenvalue weighted by Gasteiger charge is 2.04. The lowest BCUT2D eigenvalue weighted by Crippen LogP contribution is -1.99. The van der Waals surface area contributed by atoms with Gasteiger partial charge in [0.2, 0.25) is 0 Å². The van der Waals surface area contributed by atoms with Gasteiger partial charge in [-0.25, -0.2) is 0 Å². The maximum atomic E-state index is 9.59. The van der Waals surface area contributed by atoms with Crippen LogP contribution in [0.2, 0.25) is 0 Å². The zero-order chi connectivity index (χ0) is 12.3. The minimum atomic E-state index is -0.130. The number of hydrogen-bond acceptors (Lipinski definition) is 4. The summed E-state index contributed by atoms with van der Waals surface area (Å²) >= 11 is 0. The van der Waals surface area contributed by atoms with Crippen LogP contribution in [0.1, 0.15) is 5.56 Å². The first kappa shape index (κ1) is 11.1. The summed E-state index contributed by atoms with van der Waals surface area (Å²) < 4.78 is 0. The van der Waals surface area contributed by atoms with Gasteiger partial charge < -0.3 is 20.6 Å². The third kappa shape index (κ3) is 2.60. The average molecular weight is 231 g/mol. The number of anilines is 1. The lowest BCUT2D eigenvalue weighted by atomic mass is 10.2. The number of aromatic hydroxyl groups is 3. The van der Waals surface area contributed by atoms with Crippen molar-refractivity contribution in [3.8, 4) is 17.2 Å². The topological polar surface area (TPSA) is 72.7 Å². The number of rotatable bonds is 3. The van der Waals surface area contributed by atoms with E-state index < -0.39 is 0 Å². The molecule has 0 aliphatic rings. The third-order valence-corrected chi connectivity index (χ3v) is 2.45. The lowest BCUT2D eigenvalue weighted by Gasteiger charge is -2.09. The Hall–Kier alpha value is -2.36. The van der Waals surface area contributed by atoms with E-state index in [1.165, 1.54) is 6.07 Å².